The first-order valence-electron chi connectivity index (χ1n) is 9.87. The van der Waals surface area contributed by atoms with Crippen molar-refractivity contribution in [3.8, 4) is 17.2 Å². The van der Waals surface area contributed by atoms with Crippen LogP contribution in [0.25, 0.3) is 11.5 Å². The molecule has 1 aliphatic heterocycles. The number of halogens is 3. The smallest absolute Gasteiger partial charge is 0.416 e. The number of ether oxygens (including phenoxy) is 1. The van der Waals surface area contributed by atoms with Crippen LogP contribution in [0.4, 0.5) is 13.2 Å². The fourth-order valence-corrected chi connectivity index (χ4v) is 3.48. The minimum atomic E-state index is -4.40. The Balaban J connectivity index is 1.38. The van der Waals surface area contributed by atoms with E-state index in [4.69, 9.17) is 9.15 Å². The van der Waals surface area contributed by atoms with E-state index in [0.29, 0.717) is 30.3 Å². The highest BCUT2D eigenvalue weighted by Crippen LogP contribution is 2.32. The molecule has 9 heteroatoms. The number of carbonyl (C=O) groups excluding carboxylic acids is 1. The van der Waals surface area contributed by atoms with Crippen molar-refractivity contribution in [2.45, 2.75) is 24.9 Å². The molecule has 0 aliphatic carbocycles. The van der Waals surface area contributed by atoms with Crippen molar-refractivity contribution >= 4 is 5.91 Å². The van der Waals surface area contributed by atoms with Gasteiger partial charge in [0, 0.05) is 18.7 Å². The highest BCUT2D eigenvalue weighted by atomic mass is 19.4. The first-order chi connectivity index (χ1) is 14.9. The molecule has 4 rings (SSSR count). The largest absolute Gasteiger partial charge is 0.484 e. The lowest BCUT2D eigenvalue weighted by Crippen LogP contribution is -2.41. The number of alkyl halides is 3. The molecule has 0 radical (unpaired) electrons. The Morgan fingerprint density at radius 3 is 2.55 bits per heavy atom. The monoisotopic (exact) mass is 431 g/mol. The van der Waals surface area contributed by atoms with E-state index in [-0.39, 0.29) is 24.3 Å². The minimum Gasteiger partial charge on any atom is -0.484 e. The summed E-state index contributed by atoms with van der Waals surface area (Å²) in [5.74, 6) is 0.889. The number of amides is 1. The molecular formula is C22H20F3N3O3. The summed E-state index contributed by atoms with van der Waals surface area (Å²) in [5, 5.41) is 8.04. The van der Waals surface area contributed by atoms with Crippen LogP contribution >= 0.6 is 0 Å². The molecule has 1 aromatic heterocycles. The van der Waals surface area contributed by atoms with Crippen molar-refractivity contribution in [3.63, 3.8) is 0 Å². The van der Waals surface area contributed by atoms with Crippen LogP contribution in [-0.2, 0) is 11.0 Å². The van der Waals surface area contributed by atoms with Gasteiger partial charge in [-0.05, 0) is 49.2 Å². The molecule has 0 spiro atoms. The van der Waals surface area contributed by atoms with Gasteiger partial charge in [0.25, 0.3) is 5.91 Å². The molecule has 31 heavy (non-hydrogen) atoms. The van der Waals surface area contributed by atoms with Gasteiger partial charge in [-0.3, -0.25) is 4.79 Å². The number of para-hydroxylation sites is 1. The Hall–Kier alpha value is -3.36. The molecule has 0 bridgehead atoms. The van der Waals surface area contributed by atoms with Gasteiger partial charge in [0.05, 0.1) is 11.5 Å². The quantitative estimate of drug-likeness (QED) is 0.593. The van der Waals surface area contributed by atoms with Crippen molar-refractivity contribution in [1.82, 2.24) is 15.1 Å². The van der Waals surface area contributed by atoms with Crippen LogP contribution in [0, 0.1) is 0 Å². The van der Waals surface area contributed by atoms with Gasteiger partial charge in [-0.2, -0.15) is 13.2 Å². The number of hydrogen-bond acceptors (Lipinski definition) is 5. The Labute approximate surface area is 176 Å². The zero-order chi connectivity index (χ0) is 21.8. The first kappa shape index (κ1) is 20.9. The zero-order valence-electron chi connectivity index (χ0n) is 16.5. The lowest BCUT2D eigenvalue weighted by atomic mass is 9.98. The third-order valence-electron chi connectivity index (χ3n) is 5.13. The fourth-order valence-electron chi connectivity index (χ4n) is 3.48. The topological polar surface area (TPSA) is 68.5 Å². The number of likely N-dealkylation sites (tertiary alicyclic amines) is 1. The average Bonchev–Trinajstić information content (AvgIpc) is 3.28. The number of piperidine rings is 1. The molecule has 1 fully saturated rings. The fraction of sp³-hybridized carbons (Fsp3) is 0.318. The maximum absolute atomic E-state index is 12.7. The molecule has 1 aliphatic rings. The van der Waals surface area contributed by atoms with Gasteiger partial charge in [0.1, 0.15) is 5.75 Å². The molecule has 1 atom stereocenters. The second kappa shape index (κ2) is 8.79. The molecule has 2 aromatic carbocycles. The number of benzene rings is 2. The molecule has 162 valence electrons. The molecule has 1 unspecified atom stereocenters. The van der Waals surface area contributed by atoms with Gasteiger partial charge in [-0.1, -0.05) is 18.2 Å². The average molecular weight is 431 g/mol. The zero-order valence-corrected chi connectivity index (χ0v) is 16.5. The predicted molar refractivity (Wildman–Crippen MR) is 105 cm³/mol. The van der Waals surface area contributed by atoms with E-state index in [0.717, 1.165) is 25.0 Å². The van der Waals surface area contributed by atoms with Crippen LogP contribution in [0.15, 0.2) is 59.0 Å². The maximum Gasteiger partial charge on any atom is 0.416 e. The molecule has 1 amide bonds. The van der Waals surface area contributed by atoms with Crippen LogP contribution in [0.2, 0.25) is 0 Å². The summed E-state index contributed by atoms with van der Waals surface area (Å²) in [7, 11) is 0. The normalized spacial score (nSPS) is 16.9. The van der Waals surface area contributed by atoms with Gasteiger partial charge in [0.15, 0.2) is 6.61 Å². The van der Waals surface area contributed by atoms with Crippen LogP contribution in [-0.4, -0.2) is 40.7 Å². The van der Waals surface area contributed by atoms with E-state index in [1.165, 1.54) is 12.1 Å². The van der Waals surface area contributed by atoms with Gasteiger partial charge < -0.3 is 14.1 Å². The van der Waals surface area contributed by atoms with Crippen LogP contribution in [0.3, 0.4) is 0 Å². The van der Waals surface area contributed by atoms with E-state index >= 15 is 0 Å². The number of nitrogens with zero attached hydrogens (tertiary/aromatic N) is 3. The lowest BCUT2D eigenvalue weighted by Gasteiger charge is -2.31. The van der Waals surface area contributed by atoms with E-state index in [1.54, 1.807) is 17.0 Å². The van der Waals surface area contributed by atoms with Gasteiger partial charge in [0.2, 0.25) is 11.8 Å². The standard InChI is InChI=1S/C22H20F3N3O3/c23-22(24,25)17-10-8-15(9-11-17)20-26-27-21(31-20)16-5-4-12-28(13-16)19(29)14-30-18-6-2-1-3-7-18/h1-3,6-11,16H,4-5,12-14H2. The van der Waals surface area contributed by atoms with E-state index in [9.17, 15) is 18.0 Å². The number of hydrogen-bond donors (Lipinski definition) is 0. The van der Waals surface area contributed by atoms with Crippen LogP contribution in [0.1, 0.15) is 30.2 Å². The molecule has 6 nitrogen and oxygen atoms in total. The van der Waals surface area contributed by atoms with Crippen LogP contribution < -0.4 is 4.74 Å². The van der Waals surface area contributed by atoms with Crippen molar-refractivity contribution in [2.24, 2.45) is 0 Å². The highest BCUT2D eigenvalue weighted by Gasteiger charge is 2.31. The first-order valence-corrected chi connectivity index (χ1v) is 9.87. The Kier molecular flexibility index (Phi) is 5.92. The van der Waals surface area contributed by atoms with Gasteiger partial charge in [-0.15, -0.1) is 10.2 Å². The molecule has 0 N–H and O–H groups in total. The van der Waals surface area contributed by atoms with Crippen molar-refractivity contribution in [3.05, 3.63) is 66.1 Å². The summed E-state index contributed by atoms with van der Waals surface area (Å²) in [6.07, 6.45) is -2.85. The van der Waals surface area contributed by atoms with Crippen LogP contribution in [0.5, 0.6) is 5.75 Å². The summed E-state index contributed by atoms with van der Waals surface area (Å²) in [6.45, 7) is 0.983. The van der Waals surface area contributed by atoms with E-state index < -0.39 is 11.7 Å². The number of aromatic nitrogens is 2. The molecule has 2 heterocycles. The predicted octanol–water partition coefficient (Wildman–Crippen LogP) is 4.54. The highest BCUT2D eigenvalue weighted by molar-refractivity contribution is 5.78. The summed E-state index contributed by atoms with van der Waals surface area (Å²) in [5.41, 5.74) is -0.332. The Morgan fingerprint density at radius 2 is 1.84 bits per heavy atom. The maximum atomic E-state index is 12.7. The SMILES string of the molecule is O=C(COc1ccccc1)N1CCCC(c2nnc(-c3ccc(C(F)(F)F)cc3)o2)C1. The van der Waals surface area contributed by atoms with Gasteiger partial charge >= 0.3 is 6.18 Å². The molecule has 3 aromatic rings. The van der Waals surface area contributed by atoms with Crippen molar-refractivity contribution in [1.29, 1.82) is 0 Å². The third-order valence-corrected chi connectivity index (χ3v) is 5.13. The second-order valence-corrected chi connectivity index (χ2v) is 7.30. The molecule has 0 saturated carbocycles. The summed E-state index contributed by atoms with van der Waals surface area (Å²) >= 11 is 0. The summed E-state index contributed by atoms with van der Waals surface area (Å²) in [4.78, 5) is 14.2. The summed E-state index contributed by atoms with van der Waals surface area (Å²) in [6, 6.07) is 13.7. The van der Waals surface area contributed by atoms with Crippen molar-refractivity contribution in [2.75, 3.05) is 19.7 Å². The third kappa shape index (κ3) is 5.04. The van der Waals surface area contributed by atoms with E-state index in [1.807, 2.05) is 18.2 Å². The number of rotatable bonds is 5. The minimum absolute atomic E-state index is 0.0582. The van der Waals surface area contributed by atoms with Gasteiger partial charge in [-0.25, -0.2) is 0 Å². The Morgan fingerprint density at radius 1 is 1.10 bits per heavy atom. The van der Waals surface area contributed by atoms with E-state index in [2.05, 4.69) is 10.2 Å². The van der Waals surface area contributed by atoms with Crippen molar-refractivity contribution < 1.29 is 27.1 Å². The molecular weight excluding hydrogens is 411 g/mol. The number of carbonyl (C=O) groups is 1. The summed E-state index contributed by atoms with van der Waals surface area (Å²) < 4.78 is 49.4. The lowest BCUT2D eigenvalue weighted by molar-refractivity contribution is -0.137. The Bertz CT molecular complexity index is 1020. The molecule has 1 saturated heterocycles. The second-order valence-electron chi connectivity index (χ2n) is 7.30.